The highest BCUT2D eigenvalue weighted by Gasteiger charge is 2.28. The van der Waals surface area contributed by atoms with Crippen molar-refractivity contribution in [1.82, 2.24) is 5.32 Å². The molecule has 1 heterocycles. The van der Waals surface area contributed by atoms with Crippen molar-refractivity contribution in [2.75, 3.05) is 13.1 Å². The lowest BCUT2D eigenvalue weighted by Crippen LogP contribution is -2.37. The molecule has 1 fully saturated rings. The zero-order chi connectivity index (χ0) is 12.5. The van der Waals surface area contributed by atoms with E-state index < -0.39 is 0 Å². The van der Waals surface area contributed by atoms with E-state index in [2.05, 4.69) is 57.3 Å². The fourth-order valence-corrected chi connectivity index (χ4v) is 2.64. The van der Waals surface area contributed by atoms with Crippen LogP contribution in [0.5, 0.6) is 0 Å². The van der Waals surface area contributed by atoms with Gasteiger partial charge in [0, 0.05) is 0 Å². The van der Waals surface area contributed by atoms with Crippen LogP contribution in [0.1, 0.15) is 51.7 Å². The summed E-state index contributed by atoms with van der Waals surface area (Å²) >= 11 is 0. The lowest BCUT2D eigenvalue weighted by Gasteiger charge is -2.35. The smallest absolute Gasteiger partial charge is 0.00405 e. The quantitative estimate of drug-likeness (QED) is 0.778. The molecular weight excluding hydrogens is 206 g/mol. The molecule has 1 aliphatic heterocycles. The van der Waals surface area contributed by atoms with Gasteiger partial charge in [0.2, 0.25) is 0 Å². The summed E-state index contributed by atoms with van der Waals surface area (Å²) in [6.45, 7) is 11.5. The average molecular weight is 231 g/mol. The second-order valence-electron chi connectivity index (χ2n) is 6.64. The normalized spacial score (nSPS) is 20.2. The number of nitrogens with one attached hydrogen (secondary N) is 1. The molecule has 17 heavy (non-hydrogen) atoms. The number of hydrogen-bond donors (Lipinski definition) is 1. The third-order valence-electron chi connectivity index (χ3n) is 4.15. The topological polar surface area (TPSA) is 12.0 Å². The molecule has 0 unspecified atom stereocenters. The first-order valence-corrected chi connectivity index (χ1v) is 6.74. The van der Waals surface area contributed by atoms with Crippen LogP contribution in [0.15, 0.2) is 24.3 Å². The Bertz CT molecular complexity index is 364. The van der Waals surface area contributed by atoms with Crippen LogP contribution in [-0.2, 0) is 10.8 Å². The second kappa shape index (κ2) is 4.45. The molecule has 1 aromatic carbocycles. The van der Waals surface area contributed by atoms with Crippen LogP contribution < -0.4 is 5.32 Å². The molecule has 2 rings (SSSR count). The predicted octanol–water partition coefficient (Wildman–Crippen LogP) is 3.63. The zero-order valence-electron chi connectivity index (χ0n) is 11.6. The SMILES string of the molecule is CC(C)(C)c1ccc(C2(C)CCNCC2)cc1. The summed E-state index contributed by atoms with van der Waals surface area (Å²) in [5, 5.41) is 3.45. The molecule has 0 amide bonds. The van der Waals surface area contributed by atoms with Gasteiger partial charge in [-0.05, 0) is 47.9 Å². The average Bonchev–Trinajstić information content (AvgIpc) is 2.29. The van der Waals surface area contributed by atoms with E-state index in [0.717, 1.165) is 13.1 Å². The molecule has 1 saturated heterocycles. The summed E-state index contributed by atoms with van der Waals surface area (Å²) in [4.78, 5) is 0. The van der Waals surface area contributed by atoms with Gasteiger partial charge in [0.05, 0.1) is 0 Å². The zero-order valence-corrected chi connectivity index (χ0v) is 11.6. The predicted molar refractivity (Wildman–Crippen MR) is 74.6 cm³/mol. The molecule has 1 aliphatic rings. The first-order chi connectivity index (χ1) is 7.92. The maximum Gasteiger partial charge on any atom is -0.00405 e. The Kier molecular flexibility index (Phi) is 3.31. The third-order valence-corrected chi connectivity index (χ3v) is 4.15. The first kappa shape index (κ1) is 12.6. The highest BCUT2D eigenvalue weighted by atomic mass is 14.9. The third kappa shape index (κ3) is 2.71. The number of hydrogen-bond acceptors (Lipinski definition) is 1. The summed E-state index contributed by atoms with van der Waals surface area (Å²) in [5.41, 5.74) is 3.57. The Morgan fingerprint density at radius 3 is 2.00 bits per heavy atom. The van der Waals surface area contributed by atoms with E-state index in [1.165, 1.54) is 24.0 Å². The first-order valence-electron chi connectivity index (χ1n) is 6.74. The Morgan fingerprint density at radius 1 is 1.00 bits per heavy atom. The highest BCUT2D eigenvalue weighted by Crippen LogP contribution is 2.34. The minimum Gasteiger partial charge on any atom is -0.317 e. The Morgan fingerprint density at radius 2 is 1.53 bits per heavy atom. The van der Waals surface area contributed by atoms with E-state index in [4.69, 9.17) is 0 Å². The molecule has 1 heteroatoms. The van der Waals surface area contributed by atoms with Gasteiger partial charge < -0.3 is 5.32 Å². The molecule has 94 valence electrons. The van der Waals surface area contributed by atoms with E-state index >= 15 is 0 Å². The van der Waals surface area contributed by atoms with Crippen molar-refractivity contribution in [3.05, 3.63) is 35.4 Å². The van der Waals surface area contributed by atoms with Crippen molar-refractivity contribution >= 4 is 0 Å². The molecule has 0 radical (unpaired) electrons. The van der Waals surface area contributed by atoms with Gasteiger partial charge >= 0.3 is 0 Å². The van der Waals surface area contributed by atoms with E-state index in [-0.39, 0.29) is 5.41 Å². The van der Waals surface area contributed by atoms with Gasteiger partial charge in [-0.25, -0.2) is 0 Å². The summed E-state index contributed by atoms with van der Waals surface area (Å²) in [6.07, 6.45) is 2.50. The van der Waals surface area contributed by atoms with Gasteiger partial charge in [-0.1, -0.05) is 52.0 Å². The van der Waals surface area contributed by atoms with E-state index in [0.29, 0.717) is 5.41 Å². The van der Waals surface area contributed by atoms with Crippen LogP contribution in [0.3, 0.4) is 0 Å². The summed E-state index contributed by atoms with van der Waals surface area (Å²) in [7, 11) is 0. The molecule has 1 nitrogen and oxygen atoms in total. The standard InChI is InChI=1S/C16H25N/c1-15(2,3)13-5-7-14(8-6-13)16(4)9-11-17-12-10-16/h5-8,17H,9-12H2,1-4H3. The largest absolute Gasteiger partial charge is 0.317 e. The fraction of sp³-hybridized carbons (Fsp3) is 0.625. The van der Waals surface area contributed by atoms with E-state index in [1.807, 2.05) is 0 Å². The Balaban J connectivity index is 2.23. The van der Waals surface area contributed by atoms with Crippen LogP contribution in [0, 0.1) is 0 Å². The second-order valence-corrected chi connectivity index (χ2v) is 6.64. The lowest BCUT2D eigenvalue weighted by molar-refractivity contribution is 0.335. The number of piperidine rings is 1. The molecule has 0 bridgehead atoms. The lowest BCUT2D eigenvalue weighted by atomic mass is 9.74. The number of rotatable bonds is 1. The van der Waals surface area contributed by atoms with E-state index in [9.17, 15) is 0 Å². The van der Waals surface area contributed by atoms with Crippen molar-refractivity contribution < 1.29 is 0 Å². The highest BCUT2D eigenvalue weighted by molar-refractivity contribution is 5.32. The van der Waals surface area contributed by atoms with Crippen molar-refractivity contribution in [1.29, 1.82) is 0 Å². The van der Waals surface area contributed by atoms with Crippen molar-refractivity contribution in [3.8, 4) is 0 Å². The minimum absolute atomic E-state index is 0.257. The maximum absolute atomic E-state index is 3.45. The molecule has 0 atom stereocenters. The van der Waals surface area contributed by atoms with Crippen LogP contribution in [0.2, 0.25) is 0 Å². The molecule has 0 aromatic heterocycles. The van der Waals surface area contributed by atoms with Crippen molar-refractivity contribution in [2.24, 2.45) is 0 Å². The monoisotopic (exact) mass is 231 g/mol. The van der Waals surface area contributed by atoms with Gasteiger partial charge in [-0.15, -0.1) is 0 Å². The molecule has 1 aromatic rings. The van der Waals surface area contributed by atoms with Crippen molar-refractivity contribution in [3.63, 3.8) is 0 Å². The Hall–Kier alpha value is -0.820. The molecular formula is C16H25N. The van der Waals surface area contributed by atoms with Crippen LogP contribution in [-0.4, -0.2) is 13.1 Å². The summed E-state index contributed by atoms with van der Waals surface area (Å²) in [6, 6.07) is 9.29. The summed E-state index contributed by atoms with van der Waals surface area (Å²) < 4.78 is 0. The molecule has 0 aliphatic carbocycles. The van der Waals surface area contributed by atoms with E-state index in [1.54, 1.807) is 0 Å². The van der Waals surface area contributed by atoms with Crippen molar-refractivity contribution in [2.45, 2.75) is 51.4 Å². The van der Waals surface area contributed by atoms with Crippen LogP contribution in [0.4, 0.5) is 0 Å². The van der Waals surface area contributed by atoms with Gasteiger partial charge in [0.25, 0.3) is 0 Å². The van der Waals surface area contributed by atoms with Gasteiger partial charge in [-0.2, -0.15) is 0 Å². The van der Waals surface area contributed by atoms with Gasteiger partial charge in [-0.3, -0.25) is 0 Å². The van der Waals surface area contributed by atoms with Gasteiger partial charge in [0.1, 0.15) is 0 Å². The number of benzene rings is 1. The van der Waals surface area contributed by atoms with Crippen LogP contribution in [0.25, 0.3) is 0 Å². The maximum atomic E-state index is 3.45. The summed E-state index contributed by atoms with van der Waals surface area (Å²) in [5.74, 6) is 0. The molecule has 0 saturated carbocycles. The fourth-order valence-electron chi connectivity index (χ4n) is 2.64. The Labute approximate surface area is 106 Å². The van der Waals surface area contributed by atoms with Crippen LogP contribution >= 0.6 is 0 Å². The molecule has 0 spiro atoms. The molecule has 1 N–H and O–H groups in total. The minimum atomic E-state index is 0.257. The van der Waals surface area contributed by atoms with Gasteiger partial charge in [0.15, 0.2) is 0 Å².